The van der Waals surface area contributed by atoms with Crippen molar-refractivity contribution in [1.29, 1.82) is 0 Å². The first-order chi connectivity index (χ1) is 6.33. The van der Waals surface area contributed by atoms with Gasteiger partial charge in [0.1, 0.15) is 5.60 Å². The number of nitrogens with zero attached hydrogens (tertiary/aromatic N) is 1. The Balaban J connectivity index is 2.72. The van der Waals surface area contributed by atoms with E-state index < -0.39 is 5.60 Å². The minimum atomic E-state index is -0.444. The molecule has 1 N–H and O–H groups in total. The summed E-state index contributed by atoms with van der Waals surface area (Å²) in [6.45, 7) is 7.83. The molecule has 0 saturated carbocycles. The molecule has 0 aliphatic carbocycles. The number of hydrogen-bond acceptors (Lipinski definition) is 3. The number of hydrogen-bond donors (Lipinski definition) is 1. The molecule has 76 valence electrons. The number of H-pyrrole nitrogens is 1. The quantitative estimate of drug-likeness (QED) is 0.676. The Labute approximate surface area is 82.3 Å². The summed E-state index contributed by atoms with van der Waals surface area (Å²) in [4.78, 5) is 17.6. The summed E-state index contributed by atoms with van der Waals surface area (Å²) in [6, 6.07) is 0. The molecule has 0 amide bonds. The van der Waals surface area contributed by atoms with Crippen LogP contribution in [0.25, 0.3) is 0 Å². The second-order valence-corrected chi connectivity index (χ2v) is 4.60. The van der Waals surface area contributed by atoms with Crippen LogP contribution in [0.2, 0.25) is 0 Å². The molecule has 1 aliphatic heterocycles. The van der Waals surface area contributed by atoms with Gasteiger partial charge in [-0.25, -0.2) is 9.78 Å². The number of fused-ring (bicyclic) bond motifs is 1. The first-order valence-electron chi connectivity index (χ1n) is 4.63. The molecule has 1 aromatic rings. The Hall–Kier alpha value is -1.16. The number of aromatic amines is 1. The third-order valence-corrected chi connectivity index (χ3v) is 2.57. The predicted molar refractivity (Wildman–Crippen MR) is 52.0 cm³/mol. The highest BCUT2D eigenvalue weighted by molar-refractivity contribution is 5.31. The Morgan fingerprint density at radius 2 is 1.93 bits per heavy atom. The van der Waals surface area contributed by atoms with E-state index in [-0.39, 0.29) is 11.3 Å². The van der Waals surface area contributed by atoms with Gasteiger partial charge in [0, 0.05) is 11.8 Å². The van der Waals surface area contributed by atoms with E-state index in [1.807, 2.05) is 27.7 Å². The lowest BCUT2D eigenvalue weighted by atomic mass is 9.97. The highest BCUT2D eigenvalue weighted by atomic mass is 16.5. The monoisotopic (exact) mass is 194 g/mol. The van der Waals surface area contributed by atoms with E-state index in [1.165, 1.54) is 0 Å². The molecule has 0 atom stereocenters. The lowest BCUT2D eigenvalue weighted by molar-refractivity contribution is -0.106. The topological polar surface area (TPSA) is 55.0 Å². The van der Waals surface area contributed by atoms with E-state index >= 15 is 0 Å². The fourth-order valence-electron chi connectivity index (χ4n) is 2.07. The van der Waals surface area contributed by atoms with Crippen molar-refractivity contribution in [3.05, 3.63) is 27.9 Å². The molecule has 14 heavy (non-hydrogen) atoms. The lowest BCUT2D eigenvalue weighted by Crippen LogP contribution is -2.23. The Kier molecular flexibility index (Phi) is 1.64. The molecule has 1 aliphatic rings. The molecule has 2 heterocycles. The van der Waals surface area contributed by atoms with Crippen LogP contribution in [0.4, 0.5) is 0 Å². The summed E-state index contributed by atoms with van der Waals surface area (Å²) >= 11 is 0. The fraction of sp³-hybridized carbons (Fsp3) is 0.600. The third-order valence-electron chi connectivity index (χ3n) is 2.57. The molecule has 4 heteroatoms. The number of aromatic nitrogens is 2. The zero-order chi connectivity index (χ0) is 10.6. The van der Waals surface area contributed by atoms with Crippen molar-refractivity contribution in [2.75, 3.05) is 0 Å². The van der Waals surface area contributed by atoms with Gasteiger partial charge >= 0.3 is 5.69 Å². The zero-order valence-corrected chi connectivity index (χ0v) is 8.84. The molecule has 2 rings (SSSR count). The maximum atomic E-state index is 11.1. The standard InChI is InChI=1S/C10H14N2O2/c1-9(2)6-5-11-8(13)12-7(6)10(3,4)14-9/h5H,1-4H3,(H,11,12,13). The normalized spacial score (nSPS) is 22.0. The van der Waals surface area contributed by atoms with Crippen LogP contribution in [0.3, 0.4) is 0 Å². The Bertz CT molecular complexity index is 432. The highest BCUT2D eigenvalue weighted by Crippen LogP contribution is 2.44. The fourth-order valence-corrected chi connectivity index (χ4v) is 2.07. The van der Waals surface area contributed by atoms with Crippen LogP contribution in [0, 0.1) is 0 Å². The molecular formula is C10H14N2O2. The first-order valence-corrected chi connectivity index (χ1v) is 4.63. The number of ether oxygens (including phenoxy) is 1. The van der Waals surface area contributed by atoms with Crippen molar-refractivity contribution in [1.82, 2.24) is 9.97 Å². The van der Waals surface area contributed by atoms with E-state index in [1.54, 1.807) is 6.20 Å². The molecule has 1 aromatic heterocycles. The van der Waals surface area contributed by atoms with Crippen LogP contribution < -0.4 is 5.69 Å². The van der Waals surface area contributed by atoms with E-state index in [4.69, 9.17) is 4.74 Å². The van der Waals surface area contributed by atoms with Gasteiger partial charge in [-0.05, 0) is 27.7 Å². The first kappa shape index (κ1) is 9.40. The summed E-state index contributed by atoms with van der Waals surface area (Å²) in [6.07, 6.45) is 1.60. The summed E-state index contributed by atoms with van der Waals surface area (Å²) in [5, 5.41) is 0. The van der Waals surface area contributed by atoms with Gasteiger partial charge in [-0.3, -0.25) is 0 Å². The zero-order valence-electron chi connectivity index (χ0n) is 8.84. The van der Waals surface area contributed by atoms with E-state index in [9.17, 15) is 4.79 Å². The summed E-state index contributed by atoms with van der Waals surface area (Å²) in [5.74, 6) is 0. The number of nitrogens with one attached hydrogen (secondary N) is 1. The summed E-state index contributed by atoms with van der Waals surface area (Å²) < 4.78 is 5.85. The molecule has 0 fully saturated rings. The minimum absolute atomic E-state index is 0.321. The van der Waals surface area contributed by atoms with Crippen molar-refractivity contribution in [3.8, 4) is 0 Å². The average molecular weight is 194 g/mol. The van der Waals surface area contributed by atoms with Crippen LogP contribution in [-0.4, -0.2) is 9.97 Å². The Morgan fingerprint density at radius 1 is 1.29 bits per heavy atom. The molecule has 0 aromatic carbocycles. The van der Waals surface area contributed by atoms with Crippen LogP contribution in [0.15, 0.2) is 11.0 Å². The van der Waals surface area contributed by atoms with E-state index in [0.29, 0.717) is 0 Å². The smallest absolute Gasteiger partial charge is 0.345 e. The third kappa shape index (κ3) is 1.18. The van der Waals surface area contributed by atoms with Gasteiger partial charge in [-0.15, -0.1) is 0 Å². The molecule has 0 radical (unpaired) electrons. The maximum absolute atomic E-state index is 11.1. The second kappa shape index (κ2) is 2.45. The van der Waals surface area contributed by atoms with E-state index in [2.05, 4.69) is 9.97 Å². The van der Waals surface area contributed by atoms with Gasteiger partial charge in [0.05, 0.1) is 11.3 Å². The van der Waals surface area contributed by atoms with Crippen molar-refractivity contribution in [2.45, 2.75) is 38.9 Å². The van der Waals surface area contributed by atoms with Crippen LogP contribution >= 0.6 is 0 Å². The molecule has 0 saturated heterocycles. The summed E-state index contributed by atoms with van der Waals surface area (Å²) in [5.41, 5.74) is 0.652. The van der Waals surface area contributed by atoms with Crippen LogP contribution in [-0.2, 0) is 15.9 Å². The second-order valence-electron chi connectivity index (χ2n) is 4.60. The largest absolute Gasteiger partial charge is 0.359 e. The molecule has 0 bridgehead atoms. The van der Waals surface area contributed by atoms with Gasteiger partial charge in [0.2, 0.25) is 0 Å². The highest BCUT2D eigenvalue weighted by Gasteiger charge is 2.44. The summed E-state index contributed by atoms with van der Waals surface area (Å²) in [7, 11) is 0. The van der Waals surface area contributed by atoms with Crippen molar-refractivity contribution in [3.63, 3.8) is 0 Å². The molecular weight excluding hydrogens is 180 g/mol. The van der Waals surface area contributed by atoms with Crippen molar-refractivity contribution in [2.24, 2.45) is 0 Å². The van der Waals surface area contributed by atoms with Gasteiger partial charge in [0.25, 0.3) is 0 Å². The number of rotatable bonds is 0. The predicted octanol–water partition coefficient (Wildman–Crippen LogP) is 1.27. The van der Waals surface area contributed by atoms with Gasteiger partial charge < -0.3 is 9.72 Å². The SMILES string of the molecule is CC1(C)OC(C)(C)c2[nH]c(=O)ncc21. The molecule has 4 nitrogen and oxygen atoms in total. The van der Waals surface area contributed by atoms with Crippen molar-refractivity contribution < 1.29 is 4.74 Å². The lowest BCUT2D eigenvalue weighted by Gasteiger charge is -2.24. The van der Waals surface area contributed by atoms with Gasteiger partial charge in [-0.2, -0.15) is 0 Å². The van der Waals surface area contributed by atoms with Gasteiger partial charge in [-0.1, -0.05) is 0 Å². The molecule has 0 spiro atoms. The average Bonchev–Trinajstić information content (AvgIpc) is 2.17. The molecule has 0 unspecified atom stereocenters. The Morgan fingerprint density at radius 3 is 2.57 bits per heavy atom. The minimum Gasteiger partial charge on any atom is -0.359 e. The van der Waals surface area contributed by atoms with Crippen LogP contribution in [0.1, 0.15) is 39.0 Å². The maximum Gasteiger partial charge on any atom is 0.345 e. The van der Waals surface area contributed by atoms with Crippen LogP contribution in [0.5, 0.6) is 0 Å². The van der Waals surface area contributed by atoms with E-state index in [0.717, 1.165) is 11.3 Å². The van der Waals surface area contributed by atoms with Gasteiger partial charge in [0.15, 0.2) is 0 Å². The van der Waals surface area contributed by atoms with Crippen molar-refractivity contribution >= 4 is 0 Å².